The van der Waals surface area contributed by atoms with Gasteiger partial charge >= 0.3 is 0 Å². The number of hydrogen-bond donors (Lipinski definition) is 3. The number of carbonyl (C=O) groups is 2. The molecule has 5 nitrogen and oxygen atoms in total. The Hall–Kier alpha value is -1.59. The zero-order valence-electron chi connectivity index (χ0n) is 12.7. The fourth-order valence-electron chi connectivity index (χ4n) is 2.65. The Bertz CT molecular complexity index is 497. The predicted molar refractivity (Wildman–Crippen MR) is 85.7 cm³/mol. The van der Waals surface area contributed by atoms with E-state index in [0.29, 0.717) is 17.1 Å². The van der Waals surface area contributed by atoms with Crippen molar-refractivity contribution in [3.8, 4) is 0 Å². The average molecular weight is 325 g/mol. The van der Waals surface area contributed by atoms with Gasteiger partial charge in [0.15, 0.2) is 6.54 Å². The molecule has 3 N–H and O–H groups in total. The molecule has 0 bridgehead atoms. The van der Waals surface area contributed by atoms with Crippen LogP contribution in [0.25, 0.3) is 0 Å². The number of halogens is 1. The first-order valence-electron chi connectivity index (χ1n) is 7.83. The summed E-state index contributed by atoms with van der Waals surface area (Å²) in [5.41, 5.74) is 5.39. The summed E-state index contributed by atoms with van der Waals surface area (Å²) in [6.07, 6.45) is 6.13. The van der Waals surface area contributed by atoms with E-state index in [1.165, 1.54) is 37.0 Å². The van der Waals surface area contributed by atoms with Gasteiger partial charge in [-0.3, -0.25) is 20.4 Å². The number of benzene rings is 1. The molecule has 1 aromatic rings. The topological polar surface area (TPSA) is 62.6 Å². The quantitative estimate of drug-likeness (QED) is 0.725. The summed E-state index contributed by atoms with van der Waals surface area (Å²) in [6.45, 7) is 2.46. The number of nitrogens with one attached hydrogen (secondary N) is 3. The molecule has 0 saturated carbocycles. The zero-order valence-corrected chi connectivity index (χ0v) is 13.4. The summed E-state index contributed by atoms with van der Waals surface area (Å²) in [4.78, 5) is 25.1. The monoisotopic (exact) mass is 324 g/mol. The van der Waals surface area contributed by atoms with Crippen LogP contribution in [0.2, 0.25) is 5.02 Å². The minimum atomic E-state index is -0.340. The lowest BCUT2D eigenvalue weighted by Gasteiger charge is -2.21. The van der Waals surface area contributed by atoms with Crippen molar-refractivity contribution in [3.05, 3.63) is 34.9 Å². The second-order valence-corrected chi connectivity index (χ2v) is 6.14. The first-order valence-corrected chi connectivity index (χ1v) is 8.21. The zero-order chi connectivity index (χ0) is 15.8. The van der Waals surface area contributed by atoms with Crippen LogP contribution in [-0.2, 0) is 4.79 Å². The van der Waals surface area contributed by atoms with Gasteiger partial charge in [0.2, 0.25) is 0 Å². The van der Waals surface area contributed by atoms with E-state index in [4.69, 9.17) is 11.6 Å². The molecule has 120 valence electrons. The van der Waals surface area contributed by atoms with Crippen LogP contribution >= 0.6 is 11.6 Å². The SMILES string of the molecule is O=C(C[NH+]1CCCCCCC1)NNC(=O)c1ccc(Cl)cc1. The van der Waals surface area contributed by atoms with Crippen molar-refractivity contribution in [1.29, 1.82) is 0 Å². The van der Waals surface area contributed by atoms with Gasteiger partial charge < -0.3 is 4.90 Å². The molecule has 0 aliphatic carbocycles. The summed E-state index contributed by atoms with van der Waals surface area (Å²) >= 11 is 5.77. The fraction of sp³-hybridized carbons (Fsp3) is 0.500. The third-order valence-corrected chi connectivity index (χ3v) is 4.15. The largest absolute Gasteiger partial charge is 0.327 e. The molecule has 2 amide bonds. The molecule has 1 fully saturated rings. The molecule has 2 rings (SSSR count). The standard InChI is InChI=1S/C16H22ClN3O2/c17-14-8-6-13(7-9-14)16(22)19-18-15(21)12-20-10-4-2-1-3-5-11-20/h6-9H,1-5,10-12H2,(H,18,21)(H,19,22)/p+1. The summed E-state index contributed by atoms with van der Waals surface area (Å²) in [7, 11) is 0. The molecular weight excluding hydrogens is 302 g/mol. The van der Waals surface area contributed by atoms with E-state index in [1.807, 2.05) is 0 Å². The van der Waals surface area contributed by atoms with Crippen LogP contribution in [0.5, 0.6) is 0 Å². The third kappa shape index (κ3) is 5.66. The van der Waals surface area contributed by atoms with Gasteiger partial charge in [0.1, 0.15) is 0 Å². The first-order chi connectivity index (χ1) is 10.6. The van der Waals surface area contributed by atoms with E-state index in [-0.39, 0.29) is 11.8 Å². The smallest absolute Gasteiger partial charge is 0.293 e. The highest BCUT2D eigenvalue weighted by Crippen LogP contribution is 2.08. The van der Waals surface area contributed by atoms with E-state index >= 15 is 0 Å². The number of hydrogen-bond acceptors (Lipinski definition) is 2. The molecule has 1 heterocycles. The summed E-state index contributed by atoms with van der Waals surface area (Å²) in [5.74, 6) is -0.495. The van der Waals surface area contributed by atoms with E-state index < -0.39 is 0 Å². The van der Waals surface area contributed by atoms with Crippen molar-refractivity contribution < 1.29 is 14.5 Å². The number of quaternary nitrogens is 1. The van der Waals surface area contributed by atoms with Crippen molar-refractivity contribution >= 4 is 23.4 Å². The Morgan fingerprint density at radius 1 is 0.955 bits per heavy atom. The maximum Gasteiger partial charge on any atom is 0.293 e. The van der Waals surface area contributed by atoms with Crippen LogP contribution in [0.3, 0.4) is 0 Å². The molecule has 1 aliphatic rings. The van der Waals surface area contributed by atoms with Crippen molar-refractivity contribution in [3.63, 3.8) is 0 Å². The van der Waals surface area contributed by atoms with Gasteiger partial charge in [0.05, 0.1) is 13.1 Å². The summed E-state index contributed by atoms with van der Waals surface area (Å²) in [6, 6.07) is 6.52. The molecular formula is C16H23ClN3O2+. The maximum atomic E-state index is 11.9. The van der Waals surface area contributed by atoms with Crippen molar-refractivity contribution in [2.75, 3.05) is 19.6 Å². The summed E-state index contributed by atoms with van der Waals surface area (Å²) in [5, 5.41) is 0.571. The molecule has 0 spiro atoms. The number of amides is 2. The summed E-state index contributed by atoms with van der Waals surface area (Å²) < 4.78 is 0. The van der Waals surface area contributed by atoms with Gasteiger partial charge in [0.25, 0.3) is 11.8 Å². The van der Waals surface area contributed by atoms with E-state index in [9.17, 15) is 9.59 Å². The van der Waals surface area contributed by atoms with Crippen molar-refractivity contribution in [2.24, 2.45) is 0 Å². The molecule has 1 saturated heterocycles. The highest BCUT2D eigenvalue weighted by molar-refractivity contribution is 6.30. The Labute approximate surface area is 136 Å². The minimum Gasteiger partial charge on any atom is -0.327 e. The predicted octanol–water partition coefficient (Wildman–Crippen LogP) is 0.950. The average Bonchev–Trinajstić information content (AvgIpc) is 2.48. The van der Waals surface area contributed by atoms with Crippen LogP contribution < -0.4 is 15.8 Å². The molecule has 0 radical (unpaired) electrons. The van der Waals surface area contributed by atoms with Gasteiger partial charge in [-0.2, -0.15) is 0 Å². The second kappa shape index (κ2) is 8.76. The number of carbonyl (C=O) groups excluding carboxylic acids is 2. The molecule has 6 heteroatoms. The van der Waals surface area contributed by atoms with Crippen molar-refractivity contribution in [1.82, 2.24) is 10.9 Å². The van der Waals surface area contributed by atoms with Crippen LogP contribution in [0, 0.1) is 0 Å². The highest BCUT2D eigenvalue weighted by Gasteiger charge is 2.16. The Morgan fingerprint density at radius 2 is 1.55 bits per heavy atom. The van der Waals surface area contributed by atoms with E-state index in [2.05, 4.69) is 10.9 Å². The van der Waals surface area contributed by atoms with Crippen LogP contribution in [-0.4, -0.2) is 31.4 Å². The third-order valence-electron chi connectivity index (χ3n) is 3.89. The minimum absolute atomic E-state index is 0.155. The van der Waals surface area contributed by atoms with Crippen LogP contribution in [0.1, 0.15) is 42.5 Å². The van der Waals surface area contributed by atoms with Crippen LogP contribution in [0.15, 0.2) is 24.3 Å². The van der Waals surface area contributed by atoms with E-state index in [0.717, 1.165) is 13.1 Å². The lowest BCUT2D eigenvalue weighted by molar-refractivity contribution is -0.893. The Kier molecular flexibility index (Phi) is 6.68. The molecule has 0 atom stereocenters. The Morgan fingerprint density at radius 3 is 2.18 bits per heavy atom. The number of hydrazine groups is 1. The van der Waals surface area contributed by atoms with Gasteiger partial charge in [-0.15, -0.1) is 0 Å². The van der Waals surface area contributed by atoms with E-state index in [1.54, 1.807) is 24.3 Å². The molecule has 1 aromatic carbocycles. The first kappa shape index (κ1) is 16.8. The van der Waals surface area contributed by atoms with Gasteiger partial charge in [-0.1, -0.05) is 18.0 Å². The molecule has 0 unspecified atom stereocenters. The van der Waals surface area contributed by atoms with Gasteiger partial charge in [-0.05, 0) is 49.9 Å². The number of rotatable bonds is 3. The molecule has 0 aromatic heterocycles. The number of likely N-dealkylation sites (tertiary alicyclic amines) is 1. The lowest BCUT2D eigenvalue weighted by Crippen LogP contribution is -3.13. The second-order valence-electron chi connectivity index (χ2n) is 5.70. The maximum absolute atomic E-state index is 11.9. The van der Waals surface area contributed by atoms with Gasteiger partial charge in [-0.25, -0.2) is 0 Å². The molecule has 22 heavy (non-hydrogen) atoms. The Balaban J connectivity index is 1.74. The fourth-order valence-corrected chi connectivity index (χ4v) is 2.78. The lowest BCUT2D eigenvalue weighted by atomic mass is 10.1. The highest BCUT2D eigenvalue weighted by atomic mass is 35.5. The normalized spacial score (nSPS) is 16.4. The molecule has 1 aliphatic heterocycles. The van der Waals surface area contributed by atoms with Crippen LogP contribution in [0.4, 0.5) is 0 Å². The van der Waals surface area contributed by atoms with Crippen molar-refractivity contribution in [2.45, 2.75) is 32.1 Å². The van der Waals surface area contributed by atoms with Gasteiger partial charge in [0, 0.05) is 10.6 Å².